The quantitative estimate of drug-likeness (QED) is 0.850. The third kappa shape index (κ3) is 2.89. The Kier molecular flexibility index (Phi) is 4.17. The molecule has 2 aromatic heterocycles. The predicted octanol–water partition coefficient (Wildman–Crippen LogP) is 2.14. The average molecular weight is 343 g/mol. The number of hydrogen-bond donors (Lipinski definition) is 0. The van der Waals surface area contributed by atoms with Crippen LogP contribution in [0.4, 0.5) is 0 Å². The summed E-state index contributed by atoms with van der Waals surface area (Å²) in [6, 6.07) is 3.71. The van der Waals surface area contributed by atoms with Crippen molar-refractivity contribution in [2.75, 3.05) is 13.2 Å². The van der Waals surface area contributed by atoms with Gasteiger partial charge in [-0.3, -0.25) is 9.78 Å². The van der Waals surface area contributed by atoms with Gasteiger partial charge in [0.05, 0.1) is 24.5 Å². The number of aromatic nitrogens is 2. The van der Waals surface area contributed by atoms with Crippen LogP contribution in [-0.4, -0.2) is 52.3 Å². The zero-order chi connectivity index (χ0) is 17.4. The predicted molar refractivity (Wildman–Crippen MR) is 88.4 cm³/mol. The molecule has 2 fully saturated rings. The summed E-state index contributed by atoms with van der Waals surface area (Å²) < 4.78 is 17.2. The van der Waals surface area contributed by atoms with Crippen molar-refractivity contribution in [3.05, 3.63) is 41.5 Å². The van der Waals surface area contributed by atoms with E-state index in [-0.39, 0.29) is 24.2 Å². The molecule has 0 spiro atoms. The van der Waals surface area contributed by atoms with E-state index >= 15 is 0 Å². The van der Waals surface area contributed by atoms with E-state index in [1.807, 2.05) is 17.0 Å². The zero-order valence-corrected chi connectivity index (χ0v) is 14.3. The van der Waals surface area contributed by atoms with E-state index in [2.05, 4.69) is 10.1 Å². The van der Waals surface area contributed by atoms with Gasteiger partial charge in [-0.05, 0) is 38.8 Å². The molecule has 0 N–H and O–H groups in total. The second kappa shape index (κ2) is 6.48. The number of amides is 1. The smallest absolute Gasteiger partial charge is 0.259 e. The summed E-state index contributed by atoms with van der Waals surface area (Å²) in [6.45, 7) is 4.73. The molecule has 0 bridgehead atoms. The number of fused-ring (bicyclic) bond motifs is 1. The Morgan fingerprint density at radius 3 is 3.00 bits per heavy atom. The van der Waals surface area contributed by atoms with E-state index in [4.69, 9.17) is 14.0 Å². The van der Waals surface area contributed by atoms with Crippen molar-refractivity contribution in [1.82, 2.24) is 15.0 Å². The molecule has 2 saturated heterocycles. The Morgan fingerprint density at radius 2 is 2.28 bits per heavy atom. The van der Waals surface area contributed by atoms with E-state index in [0.717, 1.165) is 12.8 Å². The molecule has 0 aromatic carbocycles. The fourth-order valence-electron chi connectivity index (χ4n) is 3.77. The van der Waals surface area contributed by atoms with Crippen LogP contribution in [0.5, 0.6) is 5.75 Å². The van der Waals surface area contributed by atoms with Crippen LogP contribution in [0.15, 0.2) is 29.0 Å². The lowest BCUT2D eigenvalue weighted by molar-refractivity contribution is -0.0447. The molecule has 0 saturated carbocycles. The summed E-state index contributed by atoms with van der Waals surface area (Å²) in [6.07, 6.45) is 4.89. The average Bonchev–Trinajstić information content (AvgIpc) is 3.16. The lowest BCUT2D eigenvalue weighted by Gasteiger charge is -2.32. The van der Waals surface area contributed by atoms with Crippen LogP contribution in [0.1, 0.15) is 34.7 Å². The van der Waals surface area contributed by atoms with Crippen LogP contribution in [0, 0.1) is 13.8 Å². The van der Waals surface area contributed by atoms with Crippen molar-refractivity contribution in [2.24, 2.45) is 0 Å². The molecule has 25 heavy (non-hydrogen) atoms. The van der Waals surface area contributed by atoms with E-state index in [9.17, 15) is 4.79 Å². The normalized spacial score (nSPS) is 25.7. The van der Waals surface area contributed by atoms with Crippen LogP contribution < -0.4 is 4.74 Å². The number of aryl methyl sites for hydroxylation is 2. The minimum Gasteiger partial charge on any atom is -0.484 e. The van der Waals surface area contributed by atoms with E-state index in [1.165, 1.54) is 0 Å². The van der Waals surface area contributed by atoms with Crippen molar-refractivity contribution in [3.8, 4) is 5.75 Å². The maximum atomic E-state index is 13.1. The molecule has 132 valence electrons. The molecule has 2 aromatic rings. The molecule has 2 aliphatic rings. The van der Waals surface area contributed by atoms with Crippen molar-refractivity contribution in [1.29, 1.82) is 0 Å². The monoisotopic (exact) mass is 343 g/mol. The number of ether oxygens (including phenoxy) is 2. The summed E-state index contributed by atoms with van der Waals surface area (Å²) in [5.41, 5.74) is 1.17. The summed E-state index contributed by atoms with van der Waals surface area (Å²) in [4.78, 5) is 19.0. The summed E-state index contributed by atoms with van der Waals surface area (Å²) in [5, 5.41) is 3.91. The standard InChI is InChI=1S/C18H21N3O4/c1-11-16(12(2)25-20-11)18(22)21-10-15(17-14(21)6-4-8-23-17)24-13-5-3-7-19-9-13/h3,5,7,9,14-15,17H,4,6,8,10H2,1-2H3/t14-,15-,17+/m1/s1. The van der Waals surface area contributed by atoms with Gasteiger partial charge in [0.25, 0.3) is 5.91 Å². The maximum absolute atomic E-state index is 13.1. The van der Waals surface area contributed by atoms with Crippen molar-refractivity contribution in [2.45, 2.75) is 44.9 Å². The Balaban J connectivity index is 1.59. The SMILES string of the molecule is Cc1noc(C)c1C(=O)N1C[C@@H](Oc2cccnc2)[C@H]2OCCC[C@H]21. The third-order valence-corrected chi connectivity index (χ3v) is 4.91. The van der Waals surface area contributed by atoms with Crippen LogP contribution in [0.25, 0.3) is 0 Å². The largest absolute Gasteiger partial charge is 0.484 e. The lowest BCUT2D eigenvalue weighted by Crippen LogP contribution is -2.44. The van der Waals surface area contributed by atoms with Crippen LogP contribution in [-0.2, 0) is 4.74 Å². The van der Waals surface area contributed by atoms with Crippen molar-refractivity contribution in [3.63, 3.8) is 0 Å². The highest BCUT2D eigenvalue weighted by molar-refractivity contribution is 5.96. The van der Waals surface area contributed by atoms with Crippen LogP contribution >= 0.6 is 0 Å². The van der Waals surface area contributed by atoms with Gasteiger partial charge in [-0.15, -0.1) is 0 Å². The molecule has 4 heterocycles. The lowest BCUT2D eigenvalue weighted by atomic mass is 10.0. The van der Waals surface area contributed by atoms with E-state index < -0.39 is 0 Å². The molecule has 0 radical (unpaired) electrons. The van der Waals surface area contributed by atoms with Gasteiger partial charge >= 0.3 is 0 Å². The Hall–Kier alpha value is -2.41. The van der Waals surface area contributed by atoms with Gasteiger partial charge in [0.15, 0.2) is 0 Å². The number of likely N-dealkylation sites (tertiary alicyclic amines) is 1. The number of hydrogen-bond acceptors (Lipinski definition) is 6. The second-order valence-corrected chi connectivity index (χ2v) is 6.55. The van der Waals surface area contributed by atoms with Gasteiger partial charge in [0, 0.05) is 12.8 Å². The fourth-order valence-corrected chi connectivity index (χ4v) is 3.77. The molecule has 2 aliphatic heterocycles. The number of pyridine rings is 1. The molecule has 1 amide bonds. The molecule has 0 aliphatic carbocycles. The van der Waals surface area contributed by atoms with Crippen molar-refractivity contribution >= 4 is 5.91 Å². The third-order valence-electron chi connectivity index (χ3n) is 4.91. The number of carbonyl (C=O) groups is 1. The highest BCUT2D eigenvalue weighted by atomic mass is 16.5. The molecule has 3 atom stereocenters. The Bertz CT molecular complexity index is 741. The first-order chi connectivity index (χ1) is 12.1. The fraction of sp³-hybridized carbons (Fsp3) is 0.500. The molecule has 4 rings (SSSR count). The summed E-state index contributed by atoms with van der Waals surface area (Å²) >= 11 is 0. The molecule has 7 heteroatoms. The zero-order valence-electron chi connectivity index (χ0n) is 14.3. The molecular weight excluding hydrogens is 322 g/mol. The molecule has 7 nitrogen and oxygen atoms in total. The Morgan fingerprint density at radius 1 is 1.40 bits per heavy atom. The van der Waals surface area contributed by atoms with Crippen LogP contribution in [0.3, 0.4) is 0 Å². The van der Waals surface area contributed by atoms with Gasteiger partial charge in [-0.2, -0.15) is 0 Å². The summed E-state index contributed by atoms with van der Waals surface area (Å²) in [5.74, 6) is 1.17. The summed E-state index contributed by atoms with van der Waals surface area (Å²) in [7, 11) is 0. The highest BCUT2D eigenvalue weighted by Gasteiger charge is 2.48. The van der Waals surface area contributed by atoms with Gasteiger partial charge < -0.3 is 18.9 Å². The van der Waals surface area contributed by atoms with E-state index in [1.54, 1.807) is 26.2 Å². The first-order valence-electron chi connectivity index (χ1n) is 8.57. The van der Waals surface area contributed by atoms with Gasteiger partial charge in [0.2, 0.25) is 0 Å². The Labute approximate surface area is 145 Å². The first-order valence-corrected chi connectivity index (χ1v) is 8.57. The highest BCUT2D eigenvalue weighted by Crippen LogP contribution is 2.33. The van der Waals surface area contributed by atoms with E-state index in [0.29, 0.717) is 35.9 Å². The van der Waals surface area contributed by atoms with Crippen LogP contribution in [0.2, 0.25) is 0 Å². The number of rotatable bonds is 3. The maximum Gasteiger partial charge on any atom is 0.259 e. The van der Waals surface area contributed by atoms with Gasteiger partial charge in [0.1, 0.15) is 29.3 Å². The van der Waals surface area contributed by atoms with Gasteiger partial charge in [-0.1, -0.05) is 5.16 Å². The first kappa shape index (κ1) is 16.1. The second-order valence-electron chi connectivity index (χ2n) is 6.55. The molecular formula is C18H21N3O4. The number of carbonyl (C=O) groups excluding carboxylic acids is 1. The minimum atomic E-state index is -0.209. The van der Waals surface area contributed by atoms with Gasteiger partial charge in [-0.25, -0.2) is 0 Å². The minimum absolute atomic E-state index is 0.0108. The van der Waals surface area contributed by atoms with Crippen molar-refractivity contribution < 1.29 is 18.8 Å². The topological polar surface area (TPSA) is 77.7 Å². The number of nitrogens with zero attached hydrogens (tertiary/aromatic N) is 3. The molecule has 0 unspecified atom stereocenters.